The molecule has 2 aliphatic carbocycles. The Morgan fingerprint density at radius 3 is 1.52 bits per heavy atom. The number of nitrogen functional groups attached to an aromatic ring is 2. The molecular formula is C55H78N2O6. The first-order valence-corrected chi connectivity index (χ1v) is 24.5. The van der Waals surface area contributed by atoms with E-state index >= 15 is 0 Å². The SMILES string of the molecule is CCCCCCCC1CCC(COc2ccc(/C=C/C(=O)CC(c3ccc(N)cc3N)C(O)(O)C(=O)/C=C/c3ccc(OCC4CCC(CCCCCCC)CC4)cc3)cc2)CC1. The summed E-state index contributed by atoms with van der Waals surface area (Å²) < 4.78 is 12.3. The summed E-state index contributed by atoms with van der Waals surface area (Å²) in [5.41, 5.74) is 14.5. The number of hydrogen-bond donors (Lipinski definition) is 4. The Bertz CT molecular complexity index is 1850. The lowest BCUT2D eigenvalue weighted by Gasteiger charge is -2.30. The van der Waals surface area contributed by atoms with Gasteiger partial charge in [-0.15, -0.1) is 0 Å². The average Bonchev–Trinajstić information content (AvgIpc) is 3.29. The van der Waals surface area contributed by atoms with E-state index in [2.05, 4.69) is 13.8 Å². The lowest BCUT2D eigenvalue weighted by molar-refractivity contribution is -0.187. The van der Waals surface area contributed by atoms with Gasteiger partial charge in [0, 0.05) is 17.8 Å². The third kappa shape index (κ3) is 16.9. The molecule has 0 aliphatic heterocycles. The van der Waals surface area contributed by atoms with Crippen molar-refractivity contribution in [3.63, 3.8) is 0 Å². The molecule has 6 N–H and O–H groups in total. The topological polar surface area (TPSA) is 145 Å². The van der Waals surface area contributed by atoms with Crippen LogP contribution in [0.15, 0.2) is 78.9 Å². The Morgan fingerprint density at radius 2 is 1.06 bits per heavy atom. The number of carbonyl (C=O) groups is 2. The number of aliphatic hydroxyl groups is 2. The molecule has 0 aromatic heterocycles. The van der Waals surface area contributed by atoms with Crippen LogP contribution in [0.2, 0.25) is 0 Å². The molecule has 2 aliphatic rings. The normalized spacial score (nSPS) is 19.9. The van der Waals surface area contributed by atoms with Crippen LogP contribution < -0.4 is 20.9 Å². The van der Waals surface area contributed by atoms with E-state index in [-0.39, 0.29) is 17.7 Å². The molecule has 0 spiro atoms. The number of rotatable bonds is 27. The minimum atomic E-state index is -2.94. The van der Waals surface area contributed by atoms with Crippen LogP contribution in [0.4, 0.5) is 11.4 Å². The first-order valence-electron chi connectivity index (χ1n) is 24.5. The maximum atomic E-state index is 13.5. The number of benzene rings is 3. The third-order valence-electron chi connectivity index (χ3n) is 13.7. The summed E-state index contributed by atoms with van der Waals surface area (Å²) in [5.74, 6) is -1.24. The van der Waals surface area contributed by atoms with Gasteiger partial charge >= 0.3 is 0 Å². The summed E-state index contributed by atoms with van der Waals surface area (Å²) >= 11 is 0. The quantitative estimate of drug-likeness (QED) is 0.0257. The Morgan fingerprint density at radius 1 is 0.619 bits per heavy atom. The van der Waals surface area contributed by atoms with Crippen molar-refractivity contribution in [3.8, 4) is 11.5 Å². The number of anilines is 2. The van der Waals surface area contributed by atoms with Crippen molar-refractivity contribution in [2.24, 2.45) is 23.7 Å². The van der Waals surface area contributed by atoms with Gasteiger partial charge < -0.3 is 31.2 Å². The molecule has 0 saturated heterocycles. The second kappa shape index (κ2) is 26.4. The zero-order valence-electron chi connectivity index (χ0n) is 38.5. The summed E-state index contributed by atoms with van der Waals surface area (Å²) in [7, 11) is 0. The van der Waals surface area contributed by atoms with E-state index in [0.29, 0.717) is 36.3 Å². The van der Waals surface area contributed by atoms with Crippen molar-refractivity contribution in [2.75, 3.05) is 24.7 Å². The molecule has 3 aromatic rings. The van der Waals surface area contributed by atoms with Crippen molar-refractivity contribution in [1.82, 2.24) is 0 Å². The number of nitrogens with two attached hydrogens (primary N) is 2. The van der Waals surface area contributed by atoms with Gasteiger partial charge in [0.1, 0.15) is 11.5 Å². The van der Waals surface area contributed by atoms with Gasteiger partial charge in [-0.3, -0.25) is 9.59 Å². The standard InChI is InChI=1S/C55H78N2O6/c1-3-5-7-9-11-13-41-15-19-45(20-16-41)39-62-49-31-24-43(25-32-49)23-30-48(58)38-52(51-35-29-47(56)37-53(51)57)55(60,61)54(59)36-28-44-26-33-50(34-27-44)63-40-46-21-17-42(18-22-46)14-12-10-8-6-4-2/h23-37,41-42,45-46,52,60-61H,3-22,38-40,56-57H2,1-2H3/b30-23+,36-28+. The van der Waals surface area contributed by atoms with Crippen LogP contribution in [0, 0.1) is 23.7 Å². The van der Waals surface area contributed by atoms with E-state index in [0.717, 1.165) is 35.0 Å². The van der Waals surface area contributed by atoms with Gasteiger partial charge in [0.25, 0.3) is 0 Å². The first-order chi connectivity index (χ1) is 30.5. The van der Waals surface area contributed by atoms with E-state index in [1.807, 2.05) is 48.5 Å². The van der Waals surface area contributed by atoms with Gasteiger partial charge in [-0.2, -0.15) is 0 Å². The van der Waals surface area contributed by atoms with Gasteiger partial charge in [0.2, 0.25) is 11.6 Å². The lowest BCUT2D eigenvalue weighted by Crippen LogP contribution is -2.44. The highest BCUT2D eigenvalue weighted by Crippen LogP contribution is 2.37. The maximum absolute atomic E-state index is 13.5. The molecule has 3 aromatic carbocycles. The highest BCUT2D eigenvalue weighted by molar-refractivity contribution is 6.01. The largest absolute Gasteiger partial charge is 0.493 e. The Labute approximate surface area is 378 Å². The minimum Gasteiger partial charge on any atom is -0.493 e. The molecular weight excluding hydrogens is 785 g/mol. The molecule has 0 heterocycles. The van der Waals surface area contributed by atoms with Crippen LogP contribution in [0.25, 0.3) is 12.2 Å². The fourth-order valence-electron chi connectivity index (χ4n) is 9.53. The van der Waals surface area contributed by atoms with Crippen LogP contribution in [0.3, 0.4) is 0 Å². The van der Waals surface area contributed by atoms with Crippen molar-refractivity contribution in [3.05, 3.63) is 95.6 Å². The molecule has 344 valence electrons. The lowest BCUT2D eigenvalue weighted by atomic mass is 9.80. The molecule has 63 heavy (non-hydrogen) atoms. The maximum Gasteiger partial charge on any atom is 0.235 e. The van der Waals surface area contributed by atoms with Crippen molar-refractivity contribution >= 4 is 35.1 Å². The van der Waals surface area contributed by atoms with Crippen LogP contribution in [-0.4, -0.2) is 40.8 Å². The van der Waals surface area contributed by atoms with E-state index in [1.165, 1.54) is 153 Å². The van der Waals surface area contributed by atoms with E-state index in [1.54, 1.807) is 12.1 Å². The number of allylic oxidation sites excluding steroid dienone is 1. The molecule has 0 radical (unpaired) electrons. The molecule has 1 atom stereocenters. The zero-order chi connectivity index (χ0) is 44.9. The Balaban J connectivity index is 1.09. The molecule has 8 heteroatoms. The summed E-state index contributed by atoms with van der Waals surface area (Å²) in [6, 6.07) is 19.6. The van der Waals surface area contributed by atoms with E-state index in [9.17, 15) is 19.8 Å². The van der Waals surface area contributed by atoms with Gasteiger partial charge in [0.15, 0.2) is 5.78 Å². The molecule has 2 saturated carbocycles. The third-order valence-corrected chi connectivity index (χ3v) is 13.7. The first kappa shape index (κ1) is 49.6. The summed E-state index contributed by atoms with van der Waals surface area (Å²) in [4.78, 5) is 26.9. The summed E-state index contributed by atoms with van der Waals surface area (Å²) in [6.45, 7) is 5.93. The molecule has 1 unspecified atom stereocenters. The van der Waals surface area contributed by atoms with Gasteiger partial charge in [-0.25, -0.2) is 0 Å². The van der Waals surface area contributed by atoms with Gasteiger partial charge in [-0.1, -0.05) is 159 Å². The Hall–Kier alpha value is -4.40. The predicted molar refractivity (Wildman–Crippen MR) is 259 cm³/mol. The second-order valence-corrected chi connectivity index (χ2v) is 18.8. The monoisotopic (exact) mass is 863 g/mol. The van der Waals surface area contributed by atoms with Crippen LogP contribution >= 0.6 is 0 Å². The molecule has 0 bridgehead atoms. The number of hydrogen-bond acceptors (Lipinski definition) is 8. The summed E-state index contributed by atoms with van der Waals surface area (Å²) in [6.07, 6.45) is 31.6. The minimum absolute atomic E-state index is 0.156. The van der Waals surface area contributed by atoms with E-state index < -0.39 is 23.3 Å². The predicted octanol–water partition coefficient (Wildman–Crippen LogP) is 12.7. The van der Waals surface area contributed by atoms with Crippen molar-refractivity contribution < 1.29 is 29.3 Å². The second-order valence-electron chi connectivity index (χ2n) is 18.8. The fraction of sp³-hybridized carbons (Fsp3) is 0.564. The summed E-state index contributed by atoms with van der Waals surface area (Å²) in [5, 5.41) is 22.9. The van der Waals surface area contributed by atoms with Gasteiger partial charge in [0.05, 0.1) is 19.1 Å². The highest BCUT2D eigenvalue weighted by atomic mass is 16.5. The van der Waals surface area contributed by atoms with Crippen LogP contribution in [0.1, 0.15) is 171 Å². The van der Waals surface area contributed by atoms with E-state index in [4.69, 9.17) is 20.9 Å². The van der Waals surface area contributed by atoms with Crippen LogP contribution in [0.5, 0.6) is 11.5 Å². The van der Waals surface area contributed by atoms with Crippen molar-refractivity contribution in [2.45, 2.75) is 160 Å². The fourth-order valence-corrected chi connectivity index (χ4v) is 9.53. The van der Waals surface area contributed by atoms with Gasteiger partial charge in [-0.05, 0) is 115 Å². The number of unbranched alkanes of at least 4 members (excludes halogenated alkanes) is 8. The molecule has 5 rings (SSSR count). The smallest absolute Gasteiger partial charge is 0.235 e. The molecule has 2 fully saturated rings. The highest BCUT2D eigenvalue weighted by Gasteiger charge is 2.43. The number of ether oxygens (including phenoxy) is 2. The Kier molecular flexibility index (Phi) is 20.8. The number of carbonyl (C=O) groups excluding carboxylic acids is 2. The molecule has 8 nitrogen and oxygen atoms in total. The van der Waals surface area contributed by atoms with Crippen molar-refractivity contribution in [1.29, 1.82) is 0 Å². The zero-order valence-corrected chi connectivity index (χ0v) is 38.5. The molecule has 0 amide bonds. The number of ketones is 2. The van der Waals surface area contributed by atoms with Crippen LogP contribution in [-0.2, 0) is 9.59 Å². The average molecular weight is 863 g/mol.